The summed E-state index contributed by atoms with van der Waals surface area (Å²) < 4.78 is 10.3. The molecular formula is C15H16N2O3. The third-order valence-corrected chi connectivity index (χ3v) is 2.71. The van der Waals surface area contributed by atoms with Crippen LogP contribution >= 0.6 is 0 Å². The van der Waals surface area contributed by atoms with Crippen LogP contribution in [0.2, 0.25) is 0 Å². The van der Waals surface area contributed by atoms with Crippen molar-refractivity contribution in [1.29, 1.82) is 0 Å². The van der Waals surface area contributed by atoms with E-state index in [1.807, 2.05) is 30.3 Å². The molecule has 5 nitrogen and oxygen atoms in total. The molecule has 20 heavy (non-hydrogen) atoms. The number of aromatic nitrogens is 1. The van der Waals surface area contributed by atoms with Gasteiger partial charge in [-0.25, -0.2) is 4.79 Å². The number of aryl methyl sites for hydroxylation is 1. The zero-order chi connectivity index (χ0) is 14.4. The topological polar surface area (TPSA) is 74.4 Å². The van der Waals surface area contributed by atoms with Gasteiger partial charge in [-0.1, -0.05) is 30.3 Å². The lowest BCUT2D eigenvalue weighted by atomic mass is 10.2. The van der Waals surface area contributed by atoms with E-state index in [2.05, 4.69) is 4.98 Å². The molecule has 0 aliphatic rings. The fourth-order valence-electron chi connectivity index (χ4n) is 1.66. The molecule has 0 saturated heterocycles. The molecule has 0 saturated carbocycles. The molecule has 104 valence electrons. The van der Waals surface area contributed by atoms with Crippen LogP contribution in [0.1, 0.15) is 21.6 Å². The van der Waals surface area contributed by atoms with Gasteiger partial charge in [-0.3, -0.25) is 4.98 Å². The summed E-state index contributed by atoms with van der Waals surface area (Å²) in [6.45, 7) is 2.01. The molecule has 0 fully saturated rings. The Morgan fingerprint density at radius 2 is 2.05 bits per heavy atom. The van der Waals surface area contributed by atoms with E-state index in [4.69, 9.17) is 15.2 Å². The maximum Gasteiger partial charge on any atom is 0.342 e. The summed E-state index contributed by atoms with van der Waals surface area (Å²) in [4.78, 5) is 15.8. The van der Waals surface area contributed by atoms with Crippen LogP contribution in [0.3, 0.4) is 0 Å². The standard InChI is InChI=1S/C15H16N2O3/c1-11-14(7-13(16)8-17-11)15(18)20-10-19-9-12-5-3-2-4-6-12/h2-8H,9-10,16H2,1H3. The Balaban J connectivity index is 1.82. The van der Waals surface area contributed by atoms with Crippen molar-refractivity contribution >= 4 is 11.7 Å². The van der Waals surface area contributed by atoms with E-state index in [9.17, 15) is 4.79 Å². The van der Waals surface area contributed by atoms with Gasteiger partial charge < -0.3 is 15.2 Å². The molecule has 0 aliphatic carbocycles. The third kappa shape index (κ3) is 3.80. The van der Waals surface area contributed by atoms with Crippen LogP contribution in [0, 0.1) is 6.92 Å². The number of hydrogen-bond acceptors (Lipinski definition) is 5. The maximum absolute atomic E-state index is 11.8. The summed E-state index contributed by atoms with van der Waals surface area (Å²) in [7, 11) is 0. The van der Waals surface area contributed by atoms with E-state index in [1.165, 1.54) is 6.20 Å². The highest BCUT2D eigenvalue weighted by Crippen LogP contribution is 2.11. The van der Waals surface area contributed by atoms with Crippen LogP contribution in [0.4, 0.5) is 5.69 Å². The molecule has 0 spiro atoms. The number of benzene rings is 1. The lowest BCUT2D eigenvalue weighted by Gasteiger charge is -2.08. The predicted molar refractivity (Wildman–Crippen MR) is 74.9 cm³/mol. The molecule has 0 bridgehead atoms. The highest BCUT2D eigenvalue weighted by Gasteiger charge is 2.11. The van der Waals surface area contributed by atoms with Gasteiger partial charge in [-0.05, 0) is 18.6 Å². The highest BCUT2D eigenvalue weighted by atomic mass is 16.7. The van der Waals surface area contributed by atoms with E-state index in [-0.39, 0.29) is 6.79 Å². The largest absolute Gasteiger partial charge is 0.435 e. The molecule has 1 aromatic carbocycles. The summed E-state index contributed by atoms with van der Waals surface area (Å²) in [5.41, 5.74) is 7.97. The van der Waals surface area contributed by atoms with Gasteiger partial charge in [0.1, 0.15) is 0 Å². The number of carbonyl (C=O) groups excluding carboxylic acids is 1. The number of esters is 1. The van der Waals surface area contributed by atoms with Gasteiger partial charge >= 0.3 is 5.97 Å². The summed E-state index contributed by atoms with van der Waals surface area (Å²) in [6, 6.07) is 11.2. The Kier molecular flexibility index (Phi) is 4.68. The van der Waals surface area contributed by atoms with Crippen LogP contribution in [-0.2, 0) is 16.1 Å². The Morgan fingerprint density at radius 1 is 1.30 bits per heavy atom. The van der Waals surface area contributed by atoms with Gasteiger partial charge in [0.05, 0.1) is 29.7 Å². The fourth-order valence-corrected chi connectivity index (χ4v) is 1.66. The first kappa shape index (κ1) is 14.0. The van der Waals surface area contributed by atoms with Crippen molar-refractivity contribution in [1.82, 2.24) is 4.98 Å². The molecule has 0 atom stereocenters. The lowest BCUT2D eigenvalue weighted by molar-refractivity contribution is -0.0381. The van der Waals surface area contributed by atoms with E-state index in [0.29, 0.717) is 23.6 Å². The SMILES string of the molecule is Cc1ncc(N)cc1C(=O)OCOCc1ccccc1. The molecule has 0 unspecified atom stereocenters. The lowest BCUT2D eigenvalue weighted by Crippen LogP contribution is -2.11. The second-order valence-electron chi connectivity index (χ2n) is 4.29. The summed E-state index contributed by atoms with van der Waals surface area (Å²) >= 11 is 0. The number of pyridine rings is 1. The zero-order valence-electron chi connectivity index (χ0n) is 11.2. The van der Waals surface area contributed by atoms with Crippen molar-refractivity contribution in [2.24, 2.45) is 0 Å². The Labute approximate surface area is 117 Å². The van der Waals surface area contributed by atoms with Crippen LogP contribution in [-0.4, -0.2) is 17.7 Å². The summed E-state index contributed by atoms with van der Waals surface area (Å²) in [6.07, 6.45) is 1.50. The maximum atomic E-state index is 11.8. The quantitative estimate of drug-likeness (QED) is 0.513. The van der Waals surface area contributed by atoms with Crippen molar-refractivity contribution in [3.8, 4) is 0 Å². The average Bonchev–Trinajstić information content (AvgIpc) is 2.47. The molecule has 2 N–H and O–H groups in total. The van der Waals surface area contributed by atoms with E-state index >= 15 is 0 Å². The monoisotopic (exact) mass is 272 g/mol. The minimum atomic E-state index is -0.490. The number of carbonyl (C=O) groups is 1. The normalized spacial score (nSPS) is 10.2. The van der Waals surface area contributed by atoms with Gasteiger partial charge in [-0.15, -0.1) is 0 Å². The van der Waals surface area contributed by atoms with Crippen LogP contribution in [0.5, 0.6) is 0 Å². The van der Waals surface area contributed by atoms with Crippen molar-refractivity contribution < 1.29 is 14.3 Å². The number of nitrogen functional groups attached to an aromatic ring is 1. The number of anilines is 1. The number of ether oxygens (including phenoxy) is 2. The zero-order valence-corrected chi connectivity index (χ0v) is 11.2. The second-order valence-corrected chi connectivity index (χ2v) is 4.29. The predicted octanol–water partition coefficient (Wildman–Crippen LogP) is 2.30. The molecule has 0 radical (unpaired) electrons. The van der Waals surface area contributed by atoms with E-state index in [1.54, 1.807) is 13.0 Å². The van der Waals surface area contributed by atoms with Crippen LogP contribution < -0.4 is 5.73 Å². The van der Waals surface area contributed by atoms with Crippen LogP contribution in [0.25, 0.3) is 0 Å². The first-order valence-corrected chi connectivity index (χ1v) is 6.18. The molecule has 2 rings (SSSR count). The van der Waals surface area contributed by atoms with Crippen molar-refractivity contribution in [2.75, 3.05) is 12.5 Å². The molecule has 0 aliphatic heterocycles. The van der Waals surface area contributed by atoms with Crippen molar-refractivity contribution in [3.63, 3.8) is 0 Å². The molecule has 2 aromatic rings. The van der Waals surface area contributed by atoms with E-state index in [0.717, 1.165) is 5.56 Å². The molecule has 1 heterocycles. The number of hydrogen-bond donors (Lipinski definition) is 1. The summed E-state index contributed by atoms with van der Waals surface area (Å²) in [5, 5.41) is 0. The Morgan fingerprint density at radius 3 is 2.80 bits per heavy atom. The average molecular weight is 272 g/mol. The number of rotatable bonds is 5. The Bertz CT molecular complexity index is 585. The molecule has 0 amide bonds. The molecule has 5 heteroatoms. The minimum Gasteiger partial charge on any atom is -0.435 e. The van der Waals surface area contributed by atoms with Crippen LogP contribution in [0.15, 0.2) is 42.6 Å². The van der Waals surface area contributed by atoms with Gasteiger partial charge in [-0.2, -0.15) is 0 Å². The van der Waals surface area contributed by atoms with Gasteiger partial charge in [0.25, 0.3) is 0 Å². The fraction of sp³-hybridized carbons (Fsp3) is 0.200. The van der Waals surface area contributed by atoms with Gasteiger partial charge in [0.15, 0.2) is 6.79 Å². The number of nitrogens with zero attached hydrogens (tertiary/aromatic N) is 1. The number of nitrogens with two attached hydrogens (primary N) is 1. The van der Waals surface area contributed by atoms with E-state index < -0.39 is 5.97 Å². The smallest absolute Gasteiger partial charge is 0.342 e. The summed E-state index contributed by atoms with van der Waals surface area (Å²) in [5.74, 6) is -0.490. The van der Waals surface area contributed by atoms with Crippen molar-refractivity contribution in [3.05, 3.63) is 59.4 Å². The first-order chi connectivity index (χ1) is 9.66. The molecular weight excluding hydrogens is 256 g/mol. The highest BCUT2D eigenvalue weighted by molar-refractivity contribution is 5.91. The Hall–Kier alpha value is -2.40. The van der Waals surface area contributed by atoms with Gasteiger partial charge in [0.2, 0.25) is 0 Å². The third-order valence-electron chi connectivity index (χ3n) is 2.71. The second kappa shape index (κ2) is 6.68. The van der Waals surface area contributed by atoms with Crippen molar-refractivity contribution in [2.45, 2.75) is 13.5 Å². The minimum absolute atomic E-state index is 0.109. The molecule has 1 aromatic heterocycles. The van der Waals surface area contributed by atoms with Gasteiger partial charge in [0, 0.05) is 0 Å². The first-order valence-electron chi connectivity index (χ1n) is 6.18.